The molecule has 2 aliphatic rings. The molecule has 2 aliphatic heterocycles. The van der Waals surface area contributed by atoms with E-state index in [1.807, 2.05) is 36.1 Å². The van der Waals surface area contributed by atoms with Crippen molar-refractivity contribution in [1.29, 1.82) is 0 Å². The van der Waals surface area contributed by atoms with Crippen LogP contribution in [0.5, 0.6) is 0 Å². The second kappa shape index (κ2) is 10.5. The molecule has 2 saturated heterocycles. The van der Waals surface area contributed by atoms with E-state index in [0.29, 0.717) is 18.4 Å². The van der Waals surface area contributed by atoms with Gasteiger partial charge in [0.15, 0.2) is 0 Å². The molecule has 1 aromatic carbocycles. The van der Waals surface area contributed by atoms with E-state index in [0.717, 1.165) is 63.1 Å². The van der Waals surface area contributed by atoms with Crippen LogP contribution >= 0.6 is 12.4 Å². The van der Waals surface area contributed by atoms with E-state index in [9.17, 15) is 9.59 Å². The first-order chi connectivity index (χ1) is 12.6. The SMILES string of the molecule is Cc1ccc(NC(=O)NCC2CCCN(C(=O)C3CCNCC3)C2)cc1.Cl. The maximum absolute atomic E-state index is 12.7. The Morgan fingerprint density at radius 2 is 1.85 bits per heavy atom. The molecule has 0 radical (unpaired) electrons. The van der Waals surface area contributed by atoms with E-state index in [2.05, 4.69) is 16.0 Å². The first-order valence-electron chi connectivity index (χ1n) is 9.73. The van der Waals surface area contributed by atoms with Crippen molar-refractivity contribution in [2.75, 3.05) is 38.0 Å². The third kappa shape index (κ3) is 6.40. The van der Waals surface area contributed by atoms with Gasteiger partial charge in [0.1, 0.15) is 0 Å². The van der Waals surface area contributed by atoms with Crippen molar-refractivity contribution in [3.8, 4) is 0 Å². The van der Waals surface area contributed by atoms with Crippen LogP contribution in [0.4, 0.5) is 10.5 Å². The van der Waals surface area contributed by atoms with Gasteiger partial charge in [0.05, 0.1) is 0 Å². The van der Waals surface area contributed by atoms with Crippen LogP contribution in [0.1, 0.15) is 31.2 Å². The van der Waals surface area contributed by atoms with Gasteiger partial charge < -0.3 is 20.9 Å². The summed E-state index contributed by atoms with van der Waals surface area (Å²) >= 11 is 0. The Hall–Kier alpha value is -1.79. The average molecular weight is 395 g/mol. The minimum atomic E-state index is -0.185. The zero-order valence-electron chi connectivity index (χ0n) is 16.0. The van der Waals surface area contributed by atoms with Crippen molar-refractivity contribution in [2.24, 2.45) is 11.8 Å². The normalized spacial score (nSPS) is 20.5. The fourth-order valence-corrected chi connectivity index (χ4v) is 3.81. The second-order valence-corrected chi connectivity index (χ2v) is 7.52. The Morgan fingerprint density at radius 1 is 1.15 bits per heavy atom. The maximum Gasteiger partial charge on any atom is 0.319 e. The van der Waals surface area contributed by atoms with Gasteiger partial charge in [-0.3, -0.25) is 4.79 Å². The van der Waals surface area contributed by atoms with Crippen molar-refractivity contribution >= 4 is 30.0 Å². The molecule has 150 valence electrons. The lowest BCUT2D eigenvalue weighted by Gasteiger charge is -2.36. The monoisotopic (exact) mass is 394 g/mol. The third-order valence-corrected chi connectivity index (χ3v) is 5.38. The molecular weight excluding hydrogens is 364 g/mol. The summed E-state index contributed by atoms with van der Waals surface area (Å²) in [5.74, 6) is 0.811. The first-order valence-corrected chi connectivity index (χ1v) is 9.73. The number of carbonyl (C=O) groups excluding carboxylic acids is 2. The van der Waals surface area contributed by atoms with Crippen LogP contribution in [-0.2, 0) is 4.79 Å². The lowest BCUT2D eigenvalue weighted by atomic mass is 9.93. The topological polar surface area (TPSA) is 73.5 Å². The number of aryl methyl sites for hydroxylation is 1. The van der Waals surface area contributed by atoms with Gasteiger partial charge in [0.25, 0.3) is 0 Å². The molecule has 6 nitrogen and oxygen atoms in total. The minimum absolute atomic E-state index is 0. The zero-order chi connectivity index (χ0) is 18.4. The molecular formula is C20H31ClN4O2. The number of urea groups is 1. The third-order valence-electron chi connectivity index (χ3n) is 5.38. The summed E-state index contributed by atoms with van der Waals surface area (Å²) in [6, 6.07) is 7.56. The standard InChI is InChI=1S/C20H30N4O2.ClH/c1-15-4-6-18(7-5-15)23-20(26)22-13-16-3-2-12-24(14-16)19(25)17-8-10-21-11-9-17;/h4-7,16-17,21H,2-3,8-14H2,1H3,(H2,22,23,26);1H. The van der Waals surface area contributed by atoms with Gasteiger partial charge in [-0.05, 0) is 63.7 Å². The molecule has 1 aromatic rings. The number of carbonyl (C=O) groups is 2. The molecule has 27 heavy (non-hydrogen) atoms. The van der Waals surface area contributed by atoms with Gasteiger partial charge in [-0.25, -0.2) is 4.79 Å². The summed E-state index contributed by atoms with van der Waals surface area (Å²) in [6.45, 7) is 6.11. The fraction of sp³-hybridized carbons (Fsp3) is 0.600. The molecule has 3 rings (SSSR count). The molecule has 1 atom stereocenters. The van der Waals surface area contributed by atoms with Crippen molar-refractivity contribution in [3.63, 3.8) is 0 Å². The molecule has 2 heterocycles. The van der Waals surface area contributed by atoms with Gasteiger partial charge in [0.2, 0.25) is 5.91 Å². The molecule has 0 aliphatic carbocycles. The van der Waals surface area contributed by atoms with E-state index < -0.39 is 0 Å². The lowest BCUT2D eigenvalue weighted by molar-refractivity contribution is -0.138. The molecule has 3 N–H and O–H groups in total. The van der Waals surface area contributed by atoms with Crippen LogP contribution in [0.15, 0.2) is 24.3 Å². The summed E-state index contributed by atoms with van der Waals surface area (Å²) in [4.78, 5) is 26.8. The lowest BCUT2D eigenvalue weighted by Crippen LogP contribution is -2.47. The molecule has 1 unspecified atom stereocenters. The van der Waals surface area contributed by atoms with Crippen LogP contribution in [0.25, 0.3) is 0 Å². The highest BCUT2D eigenvalue weighted by molar-refractivity contribution is 5.89. The van der Waals surface area contributed by atoms with Crippen molar-refractivity contribution in [3.05, 3.63) is 29.8 Å². The number of benzene rings is 1. The number of halogens is 1. The van der Waals surface area contributed by atoms with Gasteiger partial charge in [0, 0.05) is 31.2 Å². The van der Waals surface area contributed by atoms with Gasteiger partial charge in [-0.15, -0.1) is 12.4 Å². The molecule has 3 amide bonds. The number of nitrogens with zero attached hydrogens (tertiary/aromatic N) is 1. The predicted molar refractivity (Wildman–Crippen MR) is 110 cm³/mol. The summed E-state index contributed by atoms with van der Waals surface area (Å²) in [5, 5.41) is 9.13. The number of hydrogen-bond acceptors (Lipinski definition) is 3. The number of nitrogens with one attached hydrogen (secondary N) is 3. The Morgan fingerprint density at radius 3 is 2.56 bits per heavy atom. The highest BCUT2D eigenvalue weighted by Crippen LogP contribution is 2.21. The largest absolute Gasteiger partial charge is 0.342 e. The van der Waals surface area contributed by atoms with E-state index in [1.165, 1.54) is 0 Å². The Balaban J connectivity index is 0.00000261. The molecule has 0 bridgehead atoms. The van der Waals surface area contributed by atoms with Crippen LogP contribution in [0, 0.1) is 18.8 Å². The van der Waals surface area contributed by atoms with E-state index >= 15 is 0 Å². The smallest absolute Gasteiger partial charge is 0.319 e. The number of anilines is 1. The Kier molecular flexibility index (Phi) is 8.38. The molecule has 2 fully saturated rings. The summed E-state index contributed by atoms with van der Waals surface area (Å²) in [6.07, 6.45) is 3.96. The first kappa shape index (κ1) is 21.5. The van der Waals surface area contributed by atoms with Gasteiger partial charge in [-0.1, -0.05) is 17.7 Å². The van der Waals surface area contributed by atoms with Crippen molar-refractivity contribution in [1.82, 2.24) is 15.5 Å². The molecule has 0 saturated carbocycles. The molecule has 0 spiro atoms. The Bertz CT molecular complexity index is 617. The number of hydrogen-bond donors (Lipinski definition) is 3. The van der Waals surface area contributed by atoms with Gasteiger partial charge in [-0.2, -0.15) is 0 Å². The van der Waals surface area contributed by atoms with E-state index in [-0.39, 0.29) is 24.4 Å². The van der Waals surface area contributed by atoms with Crippen molar-refractivity contribution < 1.29 is 9.59 Å². The van der Waals surface area contributed by atoms with E-state index in [1.54, 1.807) is 0 Å². The summed E-state index contributed by atoms with van der Waals surface area (Å²) in [5.41, 5.74) is 1.95. The summed E-state index contributed by atoms with van der Waals surface area (Å²) in [7, 11) is 0. The molecule has 7 heteroatoms. The Labute approximate surface area is 167 Å². The number of likely N-dealkylation sites (tertiary alicyclic amines) is 1. The number of amides is 3. The van der Waals surface area contributed by atoms with Crippen LogP contribution in [0.2, 0.25) is 0 Å². The predicted octanol–water partition coefficient (Wildman–Crippen LogP) is 2.78. The van der Waals surface area contributed by atoms with Crippen LogP contribution in [0.3, 0.4) is 0 Å². The highest BCUT2D eigenvalue weighted by atomic mass is 35.5. The fourth-order valence-electron chi connectivity index (χ4n) is 3.81. The van der Waals surface area contributed by atoms with Crippen LogP contribution in [-0.4, -0.2) is 49.6 Å². The summed E-state index contributed by atoms with van der Waals surface area (Å²) < 4.78 is 0. The van der Waals surface area contributed by atoms with Gasteiger partial charge >= 0.3 is 6.03 Å². The zero-order valence-corrected chi connectivity index (χ0v) is 16.8. The van der Waals surface area contributed by atoms with Crippen LogP contribution < -0.4 is 16.0 Å². The van der Waals surface area contributed by atoms with Crippen molar-refractivity contribution in [2.45, 2.75) is 32.6 Å². The van der Waals surface area contributed by atoms with E-state index in [4.69, 9.17) is 0 Å². The quantitative estimate of drug-likeness (QED) is 0.735. The second-order valence-electron chi connectivity index (χ2n) is 7.52. The minimum Gasteiger partial charge on any atom is -0.342 e. The highest BCUT2D eigenvalue weighted by Gasteiger charge is 2.29. The number of rotatable bonds is 4. The number of piperidine rings is 2. The average Bonchev–Trinajstić information content (AvgIpc) is 2.68. The maximum atomic E-state index is 12.7. The molecule has 0 aromatic heterocycles.